The largest absolute Gasteiger partial charge is 0.381 e. The minimum Gasteiger partial charge on any atom is -0.381 e. The maximum absolute atomic E-state index is 5.59. The van der Waals surface area contributed by atoms with Crippen molar-refractivity contribution < 1.29 is 9.47 Å². The van der Waals surface area contributed by atoms with Crippen LogP contribution in [0.1, 0.15) is 38.9 Å². The highest BCUT2D eigenvalue weighted by molar-refractivity contribution is 14.0. The van der Waals surface area contributed by atoms with Gasteiger partial charge in [0.1, 0.15) is 6.10 Å². The third-order valence-electron chi connectivity index (χ3n) is 3.42. The fraction of sp³-hybridized carbons (Fsp3) is 0.632. The molecule has 1 rings (SSSR count). The molecule has 0 saturated carbocycles. The molecular weight excluding hydrogens is 429 g/mol. The highest BCUT2D eigenvalue weighted by Crippen LogP contribution is 2.16. The molecule has 0 aromatic heterocycles. The van der Waals surface area contributed by atoms with Crippen molar-refractivity contribution in [2.75, 3.05) is 40.0 Å². The first kappa shape index (κ1) is 24.1. The van der Waals surface area contributed by atoms with Crippen LogP contribution in [0, 0.1) is 5.92 Å². The van der Waals surface area contributed by atoms with Gasteiger partial charge in [-0.3, -0.25) is 4.99 Å². The molecule has 6 heteroatoms. The lowest BCUT2D eigenvalue weighted by Gasteiger charge is -2.16. The van der Waals surface area contributed by atoms with Crippen LogP contribution in [0.3, 0.4) is 0 Å². The molecule has 2 N–H and O–H groups in total. The van der Waals surface area contributed by atoms with Gasteiger partial charge in [-0.2, -0.15) is 0 Å². The average Bonchev–Trinajstić information content (AvgIpc) is 2.59. The number of nitrogens with one attached hydrogen (secondary N) is 2. The van der Waals surface area contributed by atoms with E-state index < -0.39 is 0 Å². The van der Waals surface area contributed by atoms with Gasteiger partial charge < -0.3 is 20.1 Å². The van der Waals surface area contributed by atoms with E-state index in [1.54, 1.807) is 7.11 Å². The number of hydrogen-bond donors (Lipinski definition) is 2. The van der Waals surface area contributed by atoms with Crippen LogP contribution >= 0.6 is 24.0 Å². The van der Waals surface area contributed by atoms with Gasteiger partial charge in [0.05, 0.1) is 6.54 Å². The van der Waals surface area contributed by atoms with Gasteiger partial charge in [0.15, 0.2) is 5.96 Å². The molecule has 1 aromatic carbocycles. The lowest BCUT2D eigenvalue weighted by molar-refractivity contribution is 0.108. The highest BCUT2D eigenvalue weighted by atomic mass is 127. The minimum absolute atomic E-state index is 0. The SMILES string of the molecule is CCNC(=NCC(OC)c1ccccc1)NCCCOCC(C)C.I. The Labute approximate surface area is 170 Å². The first-order chi connectivity index (χ1) is 11.7. The van der Waals surface area contributed by atoms with Crippen LogP contribution in [-0.2, 0) is 9.47 Å². The van der Waals surface area contributed by atoms with Crippen LogP contribution in [0.5, 0.6) is 0 Å². The Morgan fingerprint density at radius 1 is 1.16 bits per heavy atom. The Kier molecular flexibility index (Phi) is 14.9. The molecule has 0 spiro atoms. The normalized spacial score (nSPS) is 12.6. The zero-order chi connectivity index (χ0) is 17.6. The van der Waals surface area contributed by atoms with Gasteiger partial charge in [-0.25, -0.2) is 0 Å². The molecule has 0 bridgehead atoms. The number of nitrogens with zero attached hydrogens (tertiary/aromatic N) is 1. The van der Waals surface area contributed by atoms with E-state index >= 15 is 0 Å². The van der Waals surface area contributed by atoms with Crippen LogP contribution in [0.15, 0.2) is 35.3 Å². The lowest BCUT2D eigenvalue weighted by Crippen LogP contribution is -2.38. The van der Waals surface area contributed by atoms with Gasteiger partial charge in [-0.05, 0) is 24.8 Å². The molecule has 1 aromatic rings. The molecule has 0 fully saturated rings. The number of ether oxygens (including phenoxy) is 2. The number of halogens is 1. The molecule has 0 heterocycles. The smallest absolute Gasteiger partial charge is 0.191 e. The Bertz CT molecular complexity index is 455. The maximum atomic E-state index is 5.59. The fourth-order valence-corrected chi connectivity index (χ4v) is 2.20. The summed E-state index contributed by atoms with van der Waals surface area (Å²) >= 11 is 0. The first-order valence-electron chi connectivity index (χ1n) is 8.85. The van der Waals surface area contributed by atoms with Crippen LogP contribution in [0.2, 0.25) is 0 Å². The van der Waals surface area contributed by atoms with Gasteiger partial charge in [0.2, 0.25) is 0 Å². The zero-order valence-corrected chi connectivity index (χ0v) is 18.3. The average molecular weight is 463 g/mol. The Morgan fingerprint density at radius 3 is 2.48 bits per heavy atom. The van der Waals surface area contributed by atoms with Crippen molar-refractivity contribution in [3.05, 3.63) is 35.9 Å². The predicted molar refractivity (Wildman–Crippen MR) is 116 cm³/mol. The minimum atomic E-state index is -0.0315. The van der Waals surface area contributed by atoms with Gasteiger partial charge in [-0.1, -0.05) is 44.2 Å². The van der Waals surface area contributed by atoms with Crippen molar-refractivity contribution >= 4 is 29.9 Å². The molecule has 0 aliphatic carbocycles. The number of benzene rings is 1. The Morgan fingerprint density at radius 2 is 1.88 bits per heavy atom. The van der Waals surface area contributed by atoms with Crippen LogP contribution in [0.25, 0.3) is 0 Å². The molecule has 0 radical (unpaired) electrons. The van der Waals surface area contributed by atoms with Gasteiger partial charge >= 0.3 is 0 Å². The second-order valence-electron chi connectivity index (χ2n) is 6.10. The summed E-state index contributed by atoms with van der Waals surface area (Å²) in [6, 6.07) is 10.2. The predicted octanol–water partition coefficient (Wildman–Crippen LogP) is 3.61. The summed E-state index contributed by atoms with van der Waals surface area (Å²) in [7, 11) is 1.72. The number of aliphatic imine (C=N–C) groups is 1. The van der Waals surface area contributed by atoms with E-state index in [1.165, 1.54) is 0 Å². The topological polar surface area (TPSA) is 54.9 Å². The van der Waals surface area contributed by atoms with E-state index in [-0.39, 0.29) is 30.1 Å². The van der Waals surface area contributed by atoms with E-state index in [9.17, 15) is 0 Å². The highest BCUT2D eigenvalue weighted by Gasteiger charge is 2.09. The maximum Gasteiger partial charge on any atom is 0.191 e. The summed E-state index contributed by atoms with van der Waals surface area (Å²) in [6.07, 6.45) is 0.930. The quantitative estimate of drug-likeness (QED) is 0.228. The molecule has 5 nitrogen and oxygen atoms in total. The van der Waals surface area contributed by atoms with E-state index in [1.807, 2.05) is 18.2 Å². The lowest BCUT2D eigenvalue weighted by atomic mass is 10.1. The fourth-order valence-electron chi connectivity index (χ4n) is 2.20. The van der Waals surface area contributed by atoms with Crippen molar-refractivity contribution in [2.24, 2.45) is 10.9 Å². The van der Waals surface area contributed by atoms with Crippen molar-refractivity contribution in [3.63, 3.8) is 0 Å². The second kappa shape index (κ2) is 15.4. The Hall–Kier alpha value is -0.860. The molecule has 0 amide bonds. The molecule has 144 valence electrons. The first-order valence-corrected chi connectivity index (χ1v) is 8.85. The molecule has 0 saturated heterocycles. The van der Waals surface area contributed by atoms with E-state index in [4.69, 9.17) is 9.47 Å². The standard InChI is InChI=1S/C19H33N3O2.HI/c1-5-20-19(21-12-9-13-24-15-16(2)3)22-14-18(23-4)17-10-7-6-8-11-17;/h6-8,10-11,16,18H,5,9,12-15H2,1-4H3,(H2,20,21,22);1H. The van der Waals surface area contributed by atoms with E-state index in [2.05, 4.69) is 48.5 Å². The van der Waals surface area contributed by atoms with Gasteiger partial charge in [0.25, 0.3) is 0 Å². The third-order valence-corrected chi connectivity index (χ3v) is 3.42. The summed E-state index contributed by atoms with van der Waals surface area (Å²) in [5.41, 5.74) is 1.14. The summed E-state index contributed by atoms with van der Waals surface area (Å²) in [6.45, 7) is 10.2. The Balaban J connectivity index is 0.00000576. The van der Waals surface area contributed by atoms with Crippen molar-refractivity contribution in [1.82, 2.24) is 10.6 Å². The summed E-state index contributed by atoms with van der Waals surface area (Å²) in [4.78, 5) is 4.64. The van der Waals surface area contributed by atoms with Crippen LogP contribution in [0.4, 0.5) is 0 Å². The summed E-state index contributed by atoms with van der Waals surface area (Å²) < 4.78 is 11.2. The van der Waals surface area contributed by atoms with Crippen molar-refractivity contribution in [3.8, 4) is 0 Å². The van der Waals surface area contributed by atoms with Crippen molar-refractivity contribution in [1.29, 1.82) is 0 Å². The van der Waals surface area contributed by atoms with Crippen LogP contribution in [-0.4, -0.2) is 45.9 Å². The molecular formula is C19H34IN3O2. The number of guanidine groups is 1. The summed E-state index contributed by atoms with van der Waals surface area (Å²) in [5.74, 6) is 1.40. The van der Waals surface area contributed by atoms with Crippen LogP contribution < -0.4 is 10.6 Å². The van der Waals surface area contributed by atoms with Gasteiger partial charge in [-0.15, -0.1) is 24.0 Å². The van der Waals surface area contributed by atoms with Gasteiger partial charge in [0, 0.05) is 33.4 Å². The summed E-state index contributed by atoms with van der Waals surface area (Å²) in [5, 5.41) is 6.61. The molecule has 0 aliphatic rings. The monoisotopic (exact) mass is 463 g/mol. The molecule has 0 aliphatic heterocycles. The van der Waals surface area contributed by atoms with Crippen molar-refractivity contribution in [2.45, 2.75) is 33.3 Å². The number of methoxy groups -OCH3 is 1. The molecule has 25 heavy (non-hydrogen) atoms. The third kappa shape index (κ3) is 11.4. The molecule has 1 atom stereocenters. The number of hydrogen-bond acceptors (Lipinski definition) is 3. The number of rotatable bonds is 11. The second-order valence-corrected chi connectivity index (χ2v) is 6.10. The zero-order valence-electron chi connectivity index (χ0n) is 16.0. The molecule has 1 unspecified atom stereocenters. The van der Waals surface area contributed by atoms with E-state index in [0.29, 0.717) is 12.5 Å². The van der Waals surface area contributed by atoms with E-state index in [0.717, 1.165) is 44.2 Å².